The Balaban J connectivity index is 1.52. The van der Waals surface area contributed by atoms with Gasteiger partial charge in [0, 0.05) is 10.0 Å². The second-order valence-corrected chi connectivity index (χ2v) is 6.54. The van der Waals surface area contributed by atoms with Gasteiger partial charge in [0.1, 0.15) is 17.3 Å². The van der Waals surface area contributed by atoms with Crippen LogP contribution in [-0.4, -0.2) is 18.7 Å². The van der Waals surface area contributed by atoms with Crippen molar-refractivity contribution in [1.29, 1.82) is 0 Å². The molecule has 3 aromatic rings. The molecule has 0 atom stereocenters. The van der Waals surface area contributed by atoms with Gasteiger partial charge in [-0.1, -0.05) is 45.7 Å². The van der Waals surface area contributed by atoms with E-state index >= 15 is 0 Å². The number of furan rings is 1. The minimum Gasteiger partial charge on any atom is -0.484 e. The molecule has 0 aliphatic rings. The van der Waals surface area contributed by atoms with Crippen molar-refractivity contribution in [3.8, 4) is 17.1 Å². The Kier molecular flexibility index (Phi) is 6.09. The Bertz CT molecular complexity index is 940. The van der Waals surface area contributed by atoms with Gasteiger partial charge in [-0.3, -0.25) is 4.79 Å². The summed E-state index contributed by atoms with van der Waals surface area (Å²) in [6, 6.07) is 18.2. The Morgan fingerprint density at radius 3 is 2.85 bits per heavy atom. The highest BCUT2D eigenvalue weighted by Gasteiger charge is 2.07. The topological polar surface area (TPSA) is 63.8 Å². The smallest absolute Gasteiger partial charge is 0.277 e. The lowest BCUT2D eigenvalue weighted by Crippen LogP contribution is -2.24. The molecule has 1 heterocycles. The molecule has 0 radical (unpaired) electrons. The van der Waals surface area contributed by atoms with Gasteiger partial charge in [0.15, 0.2) is 6.61 Å². The molecule has 0 saturated heterocycles. The molecule has 1 N–H and O–H groups in total. The fourth-order valence-corrected chi connectivity index (χ4v) is 2.74. The molecule has 0 unspecified atom stereocenters. The quantitative estimate of drug-likeness (QED) is 0.444. The lowest BCUT2D eigenvalue weighted by atomic mass is 10.2. The number of benzene rings is 2. The lowest BCUT2D eigenvalue weighted by Gasteiger charge is -2.04. The number of rotatable bonds is 6. The number of nitrogens with one attached hydrogen (secondary N) is 1. The maximum absolute atomic E-state index is 11.8. The van der Waals surface area contributed by atoms with Crippen molar-refractivity contribution in [2.75, 3.05) is 6.61 Å². The Morgan fingerprint density at radius 2 is 2.04 bits per heavy atom. The van der Waals surface area contributed by atoms with E-state index < -0.39 is 0 Å². The first-order valence-electron chi connectivity index (χ1n) is 7.67. The van der Waals surface area contributed by atoms with Crippen LogP contribution in [0, 0.1) is 0 Å². The molecule has 5 nitrogen and oxygen atoms in total. The molecule has 0 fully saturated rings. The van der Waals surface area contributed by atoms with Crippen LogP contribution < -0.4 is 10.2 Å². The molecule has 0 aliphatic heterocycles. The summed E-state index contributed by atoms with van der Waals surface area (Å²) in [5.41, 5.74) is 3.18. The van der Waals surface area contributed by atoms with Gasteiger partial charge in [-0.15, -0.1) is 0 Å². The zero-order valence-electron chi connectivity index (χ0n) is 13.5. The molecule has 0 spiro atoms. The van der Waals surface area contributed by atoms with Gasteiger partial charge in [0.2, 0.25) is 0 Å². The third-order valence-corrected chi connectivity index (χ3v) is 4.14. The molecule has 0 bridgehead atoms. The zero-order valence-corrected chi connectivity index (χ0v) is 15.8. The Hall–Kier alpha value is -2.57. The van der Waals surface area contributed by atoms with Gasteiger partial charge >= 0.3 is 0 Å². The molecular weight excluding hydrogens is 420 g/mol. The first kappa shape index (κ1) is 18.2. The minimum atomic E-state index is -0.376. The Morgan fingerprint density at radius 1 is 1.19 bits per heavy atom. The maximum atomic E-state index is 11.8. The SMILES string of the molecule is O=C(COc1cccc(Br)c1)N/N=C\c1ccc(-c2ccccc2Cl)o1. The van der Waals surface area contributed by atoms with Crippen LogP contribution >= 0.6 is 27.5 Å². The van der Waals surface area contributed by atoms with E-state index in [4.69, 9.17) is 20.8 Å². The number of carbonyl (C=O) groups excluding carboxylic acids is 1. The molecule has 3 rings (SSSR count). The largest absolute Gasteiger partial charge is 0.484 e. The van der Waals surface area contributed by atoms with Crippen LogP contribution in [0.4, 0.5) is 0 Å². The van der Waals surface area contributed by atoms with Crippen LogP contribution in [0.2, 0.25) is 5.02 Å². The number of hydrogen-bond donors (Lipinski definition) is 1. The van der Waals surface area contributed by atoms with Crippen molar-refractivity contribution in [2.24, 2.45) is 5.10 Å². The summed E-state index contributed by atoms with van der Waals surface area (Å²) >= 11 is 9.48. The van der Waals surface area contributed by atoms with E-state index in [-0.39, 0.29) is 12.5 Å². The normalized spacial score (nSPS) is 10.8. The third kappa shape index (κ3) is 4.97. The maximum Gasteiger partial charge on any atom is 0.277 e. The summed E-state index contributed by atoms with van der Waals surface area (Å²) in [4.78, 5) is 11.8. The fourth-order valence-electron chi connectivity index (χ4n) is 2.13. The van der Waals surface area contributed by atoms with E-state index in [0.29, 0.717) is 22.3 Å². The summed E-state index contributed by atoms with van der Waals surface area (Å²) in [7, 11) is 0. The van der Waals surface area contributed by atoms with Crippen molar-refractivity contribution in [3.63, 3.8) is 0 Å². The lowest BCUT2D eigenvalue weighted by molar-refractivity contribution is -0.123. The molecule has 7 heteroatoms. The fraction of sp³-hybridized carbons (Fsp3) is 0.0526. The number of carbonyl (C=O) groups is 1. The number of hydrazone groups is 1. The summed E-state index contributed by atoms with van der Waals surface area (Å²) in [5.74, 6) is 1.34. The van der Waals surface area contributed by atoms with E-state index in [1.54, 1.807) is 30.3 Å². The number of halogens is 2. The summed E-state index contributed by atoms with van der Waals surface area (Å²) in [5, 5.41) is 4.46. The predicted molar refractivity (Wildman–Crippen MR) is 105 cm³/mol. The minimum absolute atomic E-state index is 0.142. The highest BCUT2D eigenvalue weighted by molar-refractivity contribution is 9.10. The van der Waals surface area contributed by atoms with E-state index in [0.717, 1.165) is 10.0 Å². The second-order valence-electron chi connectivity index (χ2n) is 5.22. The number of ether oxygens (including phenoxy) is 1. The number of amides is 1. The van der Waals surface area contributed by atoms with Crippen molar-refractivity contribution in [3.05, 3.63) is 75.9 Å². The second kappa shape index (κ2) is 8.69. The van der Waals surface area contributed by atoms with Crippen molar-refractivity contribution in [1.82, 2.24) is 5.43 Å². The summed E-state index contributed by atoms with van der Waals surface area (Å²) < 4.78 is 11.9. The standard InChI is InChI=1S/C19H14BrClN2O3/c20-13-4-3-5-14(10-13)25-12-19(24)23-22-11-15-8-9-18(26-15)16-6-1-2-7-17(16)21/h1-11H,12H2,(H,23,24)/b22-11-. The molecule has 0 aliphatic carbocycles. The van der Waals surface area contributed by atoms with Crippen molar-refractivity contribution in [2.45, 2.75) is 0 Å². The predicted octanol–water partition coefficient (Wildman–Crippen LogP) is 4.89. The van der Waals surface area contributed by atoms with Crippen LogP contribution in [0.3, 0.4) is 0 Å². The van der Waals surface area contributed by atoms with Crippen LogP contribution in [0.25, 0.3) is 11.3 Å². The monoisotopic (exact) mass is 432 g/mol. The van der Waals surface area contributed by atoms with E-state index in [2.05, 4.69) is 26.5 Å². The van der Waals surface area contributed by atoms with Gasteiger partial charge < -0.3 is 9.15 Å². The molecule has 1 aromatic heterocycles. The third-order valence-electron chi connectivity index (χ3n) is 3.31. The van der Waals surface area contributed by atoms with Gasteiger partial charge in [-0.05, 0) is 42.5 Å². The van der Waals surface area contributed by atoms with Crippen LogP contribution in [-0.2, 0) is 4.79 Å². The highest BCUT2D eigenvalue weighted by Crippen LogP contribution is 2.28. The van der Waals surface area contributed by atoms with Crippen LogP contribution in [0.5, 0.6) is 5.75 Å². The average Bonchev–Trinajstić information content (AvgIpc) is 3.09. The van der Waals surface area contributed by atoms with Crippen molar-refractivity contribution < 1.29 is 13.9 Å². The Labute approximate surface area is 163 Å². The van der Waals surface area contributed by atoms with E-state index in [9.17, 15) is 4.79 Å². The highest BCUT2D eigenvalue weighted by atomic mass is 79.9. The molecule has 26 heavy (non-hydrogen) atoms. The van der Waals surface area contributed by atoms with Crippen LogP contribution in [0.15, 0.2) is 74.7 Å². The van der Waals surface area contributed by atoms with Gasteiger partial charge in [0.05, 0.1) is 11.2 Å². The van der Waals surface area contributed by atoms with E-state index in [1.807, 2.05) is 30.3 Å². The summed E-state index contributed by atoms with van der Waals surface area (Å²) in [6.07, 6.45) is 1.41. The van der Waals surface area contributed by atoms with Gasteiger partial charge in [-0.2, -0.15) is 5.10 Å². The van der Waals surface area contributed by atoms with Crippen molar-refractivity contribution >= 4 is 39.7 Å². The zero-order chi connectivity index (χ0) is 18.4. The van der Waals surface area contributed by atoms with E-state index in [1.165, 1.54) is 6.21 Å². The van der Waals surface area contributed by atoms with Gasteiger partial charge in [0.25, 0.3) is 5.91 Å². The molecular formula is C19H14BrClN2O3. The first-order chi connectivity index (χ1) is 12.6. The molecule has 0 saturated carbocycles. The van der Waals surface area contributed by atoms with Gasteiger partial charge in [-0.25, -0.2) is 5.43 Å². The molecule has 2 aromatic carbocycles. The van der Waals surface area contributed by atoms with Crippen LogP contribution in [0.1, 0.15) is 5.76 Å². The molecule has 1 amide bonds. The number of nitrogens with zero attached hydrogens (tertiary/aromatic N) is 1. The molecule has 132 valence electrons. The first-order valence-corrected chi connectivity index (χ1v) is 8.84. The number of hydrogen-bond acceptors (Lipinski definition) is 4. The summed E-state index contributed by atoms with van der Waals surface area (Å²) in [6.45, 7) is -0.142. The average molecular weight is 434 g/mol.